The first-order valence-corrected chi connectivity index (χ1v) is 12.5. The Hall–Kier alpha value is -4.08. The third kappa shape index (κ3) is 5.76. The fourth-order valence-corrected chi connectivity index (χ4v) is 5.05. The molecule has 0 aliphatic carbocycles. The minimum absolute atomic E-state index is 0.00779. The van der Waals surface area contributed by atoms with Crippen molar-refractivity contribution >= 4 is 32.9 Å². The van der Waals surface area contributed by atoms with Gasteiger partial charge >= 0.3 is 0 Å². The molecule has 0 saturated carbocycles. The van der Waals surface area contributed by atoms with Crippen molar-refractivity contribution in [2.45, 2.75) is 18.4 Å². The number of hydrogen-bond donors (Lipinski definition) is 2. The minimum atomic E-state index is -4.05. The second-order valence-electron chi connectivity index (χ2n) is 8.23. The van der Waals surface area contributed by atoms with Crippen molar-refractivity contribution < 1.29 is 22.7 Å². The number of benzene rings is 4. The van der Waals surface area contributed by atoms with Crippen LogP contribution in [0.4, 0.5) is 4.39 Å². The molecule has 0 bridgehead atoms. The van der Waals surface area contributed by atoms with Gasteiger partial charge in [0.2, 0.25) is 10.0 Å². The van der Waals surface area contributed by atoms with E-state index in [4.69, 9.17) is 0 Å². The second kappa shape index (κ2) is 10.7. The molecule has 1 amide bonds. The Labute approximate surface area is 208 Å². The van der Waals surface area contributed by atoms with E-state index in [1.54, 1.807) is 18.2 Å². The van der Waals surface area contributed by atoms with Crippen LogP contribution in [-0.4, -0.2) is 36.5 Å². The van der Waals surface area contributed by atoms with Gasteiger partial charge in [0.05, 0.1) is 17.7 Å². The summed E-state index contributed by atoms with van der Waals surface area (Å²) < 4.78 is 41.0. The van der Waals surface area contributed by atoms with Crippen LogP contribution in [0.15, 0.2) is 94.9 Å². The van der Waals surface area contributed by atoms with Crippen LogP contribution in [0.2, 0.25) is 0 Å². The highest BCUT2D eigenvalue weighted by Crippen LogP contribution is 2.25. The second-order valence-corrected chi connectivity index (χ2v) is 10.2. The molecule has 4 rings (SSSR count). The number of amides is 1. The van der Waals surface area contributed by atoms with Gasteiger partial charge in [-0.25, -0.2) is 18.2 Å². The predicted octanol–water partition coefficient (Wildman–Crippen LogP) is 4.33. The summed E-state index contributed by atoms with van der Waals surface area (Å²) in [6.07, 6.45) is 1.31. The molecule has 0 aliphatic rings. The first kappa shape index (κ1) is 25.0. The first-order chi connectivity index (χ1) is 17.2. The van der Waals surface area contributed by atoms with E-state index in [9.17, 15) is 22.7 Å². The third-order valence-corrected chi connectivity index (χ3v) is 7.39. The van der Waals surface area contributed by atoms with Gasteiger partial charge in [-0.05, 0) is 53.6 Å². The summed E-state index contributed by atoms with van der Waals surface area (Å²) in [7, 11) is -4.05. The van der Waals surface area contributed by atoms with Gasteiger partial charge in [-0.1, -0.05) is 60.2 Å². The largest absolute Gasteiger partial charge is 0.507 e. The number of fused-ring (bicyclic) bond motifs is 1. The Morgan fingerprint density at radius 1 is 1.00 bits per heavy atom. The van der Waals surface area contributed by atoms with Crippen molar-refractivity contribution in [2.24, 2.45) is 5.10 Å². The van der Waals surface area contributed by atoms with Crippen LogP contribution in [0.3, 0.4) is 0 Å². The number of carbonyl (C=O) groups is 1. The quantitative estimate of drug-likeness (QED) is 0.275. The number of hydrogen-bond acceptors (Lipinski definition) is 5. The monoisotopic (exact) mass is 505 g/mol. The van der Waals surface area contributed by atoms with E-state index < -0.39 is 28.3 Å². The molecule has 0 atom stereocenters. The number of nitrogens with one attached hydrogen (secondary N) is 1. The average Bonchev–Trinajstić information content (AvgIpc) is 2.86. The zero-order valence-corrected chi connectivity index (χ0v) is 20.2. The molecule has 0 heterocycles. The van der Waals surface area contributed by atoms with Crippen LogP contribution in [0.5, 0.6) is 5.75 Å². The molecule has 0 saturated heterocycles. The lowest BCUT2D eigenvalue weighted by Crippen LogP contribution is -2.39. The molecular weight excluding hydrogens is 481 g/mol. The summed E-state index contributed by atoms with van der Waals surface area (Å²) in [6.45, 7) is 1.18. The summed E-state index contributed by atoms with van der Waals surface area (Å²) in [5.74, 6) is -1.13. The molecule has 184 valence electrons. The van der Waals surface area contributed by atoms with E-state index in [0.717, 1.165) is 20.6 Å². The van der Waals surface area contributed by atoms with Gasteiger partial charge in [0.1, 0.15) is 11.6 Å². The van der Waals surface area contributed by atoms with Gasteiger partial charge in [-0.15, -0.1) is 0 Å². The zero-order valence-electron chi connectivity index (χ0n) is 19.4. The maximum absolute atomic E-state index is 13.3. The maximum Gasteiger partial charge on any atom is 0.255 e. The Balaban J connectivity index is 1.55. The lowest BCUT2D eigenvalue weighted by Gasteiger charge is -2.21. The number of sulfonamides is 1. The number of carbonyl (C=O) groups excluding carboxylic acids is 1. The molecular formula is C27H24FN3O4S. The number of nitrogens with zero attached hydrogens (tertiary/aromatic N) is 2. The van der Waals surface area contributed by atoms with Gasteiger partial charge in [-0.2, -0.15) is 9.41 Å². The molecule has 0 spiro atoms. The number of phenols is 1. The topological polar surface area (TPSA) is 99.1 Å². The third-order valence-electron chi connectivity index (χ3n) is 5.58. The van der Waals surface area contributed by atoms with Crippen molar-refractivity contribution in [3.8, 4) is 5.75 Å². The lowest BCUT2D eigenvalue weighted by atomic mass is 10.0. The standard InChI is InChI=1S/C27H24FN3O4S/c1-19-6-13-23(14-7-19)36(34,35)31(17-20-8-11-22(28)12-9-20)18-27(33)30-29-16-25-24-5-3-2-4-21(24)10-15-26(25)32/h2-16,32H,17-18H2,1H3,(H,30,33). The van der Waals surface area contributed by atoms with Crippen molar-refractivity contribution in [1.82, 2.24) is 9.73 Å². The normalized spacial score (nSPS) is 11.9. The number of hydrazone groups is 1. The molecule has 2 N–H and O–H groups in total. The summed E-state index contributed by atoms with van der Waals surface area (Å²) in [5, 5.41) is 15.8. The maximum atomic E-state index is 13.3. The lowest BCUT2D eigenvalue weighted by molar-refractivity contribution is -0.121. The minimum Gasteiger partial charge on any atom is -0.507 e. The Bertz CT molecular complexity index is 1520. The van der Waals surface area contributed by atoms with Gasteiger partial charge in [-0.3, -0.25) is 4.79 Å². The number of halogens is 1. The van der Waals surface area contributed by atoms with Crippen molar-refractivity contribution in [3.63, 3.8) is 0 Å². The van der Waals surface area contributed by atoms with E-state index in [1.807, 2.05) is 31.2 Å². The number of phenolic OH excluding ortho intramolecular Hbond substituents is 1. The molecule has 0 radical (unpaired) electrons. The van der Waals surface area contributed by atoms with E-state index in [-0.39, 0.29) is 17.2 Å². The van der Waals surface area contributed by atoms with E-state index in [1.165, 1.54) is 48.7 Å². The number of aromatic hydroxyl groups is 1. The molecule has 0 unspecified atom stereocenters. The van der Waals surface area contributed by atoms with Crippen LogP contribution in [0, 0.1) is 12.7 Å². The van der Waals surface area contributed by atoms with Crippen LogP contribution in [0.25, 0.3) is 10.8 Å². The molecule has 7 nitrogen and oxygen atoms in total. The van der Waals surface area contributed by atoms with Crippen LogP contribution in [0.1, 0.15) is 16.7 Å². The first-order valence-electron chi connectivity index (χ1n) is 11.1. The van der Waals surface area contributed by atoms with E-state index in [2.05, 4.69) is 10.5 Å². The molecule has 0 aromatic heterocycles. The molecule has 0 aliphatic heterocycles. The van der Waals surface area contributed by atoms with Gasteiger partial charge in [0.15, 0.2) is 0 Å². The molecule has 9 heteroatoms. The Morgan fingerprint density at radius 2 is 1.69 bits per heavy atom. The van der Waals surface area contributed by atoms with Gasteiger partial charge in [0.25, 0.3) is 5.91 Å². The van der Waals surface area contributed by atoms with E-state index in [0.29, 0.717) is 11.1 Å². The highest BCUT2D eigenvalue weighted by atomic mass is 32.2. The molecule has 4 aromatic rings. The molecule has 0 fully saturated rings. The fraction of sp³-hybridized carbons (Fsp3) is 0.111. The van der Waals surface area contributed by atoms with Crippen LogP contribution in [-0.2, 0) is 21.4 Å². The summed E-state index contributed by atoms with van der Waals surface area (Å²) in [4.78, 5) is 12.7. The summed E-state index contributed by atoms with van der Waals surface area (Å²) in [5.41, 5.74) is 4.16. The highest BCUT2D eigenvalue weighted by molar-refractivity contribution is 7.89. The van der Waals surface area contributed by atoms with Crippen LogP contribution >= 0.6 is 0 Å². The fourth-order valence-electron chi connectivity index (χ4n) is 3.66. The highest BCUT2D eigenvalue weighted by Gasteiger charge is 2.27. The SMILES string of the molecule is Cc1ccc(S(=O)(=O)N(CC(=O)NN=Cc2c(O)ccc3ccccc23)Cc2ccc(F)cc2)cc1. The van der Waals surface area contributed by atoms with Crippen molar-refractivity contribution in [2.75, 3.05) is 6.54 Å². The van der Waals surface area contributed by atoms with Crippen molar-refractivity contribution in [3.05, 3.63) is 107 Å². The number of rotatable bonds is 8. The Kier molecular flexibility index (Phi) is 7.42. The molecule has 36 heavy (non-hydrogen) atoms. The van der Waals surface area contributed by atoms with Crippen LogP contribution < -0.4 is 5.43 Å². The zero-order chi connectivity index (χ0) is 25.7. The Morgan fingerprint density at radius 3 is 2.42 bits per heavy atom. The summed E-state index contributed by atoms with van der Waals surface area (Å²) >= 11 is 0. The van der Waals surface area contributed by atoms with Gasteiger partial charge in [0, 0.05) is 12.1 Å². The number of aryl methyl sites for hydroxylation is 1. The summed E-state index contributed by atoms with van der Waals surface area (Å²) in [6, 6.07) is 22.4. The average molecular weight is 506 g/mol. The van der Waals surface area contributed by atoms with Gasteiger partial charge < -0.3 is 5.11 Å². The predicted molar refractivity (Wildman–Crippen MR) is 137 cm³/mol. The van der Waals surface area contributed by atoms with E-state index >= 15 is 0 Å². The molecule has 4 aromatic carbocycles. The van der Waals surface area contributed by atoms with Crippen molar-refractivity contribution in [1.29, 1.82) is 0 Å². The smallest absolute Gasteiger partial charge is 0.255 e.